The highest BCUT2D eigenvalue weighted by molar-refractivity contribution is 5.66. The number of hydrogen-bond donors (Lipinski definition) is 1. The molecule has 0 aromatic heterocycles. The fourth-order valence-corrected chi connectivity index (χ4v) is 2.30. The maximum Gasteiger partial charge on any atom is 0.167 e. The van der Waals surface area contributed by atoms with Crippen molar-refractivity contribution in [3.63, 3.8) is 0 Å². The summed E-state index contributed by atoms with van der Waals surface area (Å²) in [7, 11) is 0. The SMILES string of the molecule is CCNC(C)c1ccc(F)c(-c2ccc(C)c(F)c2F)c1. The minimum Gasteiger partial charge on any atom is -0.310 e. The van der Waals surface area contributed by atoms with Gasteiger partial charge in [-0.25, -0.2) is 13.2 Å². The van der Waals surface area contributed by atoms with Crippen LogP contribution in [0, 0.1) is 24.4 Å². The van der Waals surface area contributed by atoms with Gasteiger partial charge in [-0.15, -0.1) is 0 Å². The molecule has 1 N–H and O–H groups in total. The van der Waals surface area contributed by atoms with Crippen LogP contribution in [-0.2, 0) is 0 Å². The van der Waals surface area contributed by atoms with E-state index in [0.717, 1.165) is 12.1 Å². The van der Waals surface area contributed by atoms with Gasteiger partial charge >= 0.3 is 0 Å². The van der Waals surface area contributed by atoms with Crippen LogP contribution in [0.15, 0.2) is 30.3 Å². The van der Waals surface area contributed by atoms with E-state index in [1.165, 1.54) is 25.1 Å². The maximum atomic E-state index is 14.1. The summed E-state index contributed by atoms with van der Waals surface area (Å²) in [5.41, 5.74) is 1.05. The Morgan fingerprint density at radius 2 is 1.71 bits per heavy atom. The van der Waals surface area contributed by atoms with Crippen molar-refractivity contribution in [3.8, 4) is 11.1 Å². The molecule has 0 aliphatic heterocycles. The Hall–Kier alpha value is -1.81. The van der Waals surface area contributed by atoms with Gasteiger partial charge in [0.1, 0.15) is 5.82 Å². The Balaban J connectivity index is 2.53. The highest BCUT2D eigenvalue weighted by atomic mass is 19.2. The van der Waals surface area contributed by atoms with Crippen LogP contribution >= 0.6 is 0 Å². The molecule has 0 bridgehead atoms. The Bertz CT molecular complexity index is 653. The normalized spacial score (nSPS) is 12.5. The van der Waals surface area contributed by atoms with Crippen molar-refractivity contribution in [3.05, 3.63) is 58.9 Å². The average Bonchev–Trinajstić information content (AvgIpc) is 2.46. The predicted octanol–water partition coefficient (Wildman–Crippen LogP) is 4.75. The molecule has 2 aromatic carbocycles. The van der Waals surface area contributed by atoms with E-state index in [1.807, 2.05) is 13.8 Å². The molecule has 112 valence electrons. The van der Waals surface area contributed by atoms with Gasteiger partial charge in [0.15, 0.2) is 11.6 Å². The molecule has 0 aliphatic rings. The van der Waals surface area contributed by atoms with Crippen LogP contribution in [0.5, 0.6) is 0 Å². The second kappa shape index (κ2) is 6.31. The third-order valence-electron chi connectivity index (χ3n) is 3.57. The van der Waals surface area contributed by atoms with E-state index >= 15 is 0 Å². The number of halogens is 3. The van der Waals surface area contributed by atoms with E-state index in [4.69, 9.17) is 0 Å². The quantitative estimate of drug-likeness (QED) is 0.857. The van der Waals surface area contributed by atoms with Crippen LogP contribution in [0.2, 0.25) is 0 Å². The monoisotopic (exact) mass is 293 g/mol. The molecule has 2 rings (SSSR count). The summed E-state index contributed by atoms with van der Waals surface area (Å²) in [6, 6.07) is 7.37. The summed E-state index contributed by atoms with van der Waals surface area (Å²) in [5.74, 6) is -2.51. The molecule has 0 saturated heterocycles. The number of aryl methyl sites for hydroxylation is 1. The molecule has 1 nitrogen and oxygen atoms in total. The van der Waals surface area contributed by atoms with Crippen LogP contribution in [0.4, 0.5) is 13.2 Å². The standard InChI is InChI=1S/C17H18F3N/c1-4-21-11(3)12-6-8-15(18)14(9-12)13-7-5-10(2)16(19)17(13)20/h5-9,11,21H,4H2,1-3H3. The Labute approximate surface area is 122 Å². The lowest BCUT2D eigenvalue weighted by atomic mass is 9.98. The molecule has 0 amide bonds. The number of benzene rings is 2. The van der Waals surface area contributed by atoms with E-state index in [2.05, 4.69) is 5.32 Å². The smallest absolute Gasteiger partial charge is 0.167 e. The van der Waals surface area contributed by atoms with E-state index < -0.39 is 17.5 Å². The fourth-order valence-electron chi connectivity index (χ4n) is 2.30. The Morgan fingerprint density at radius 3 is 2.38 bits per heavy atom. The molecule has 21 heavy (non-hydrogen) atoms. The first kappa shape index (κ1) is 15.6. The Kier molecular flexibility index (Phi) is 4.68. The van der Waals surface area contributed by atoms with Gasteiger partial charge in [-0.3, -0.25) is 0 Å². The van der Waals surface area contributed by atoms with Crippen molar-refractivity contribution in [2.75, 3.05) is 6.54 Å². The molecule has 0 fully saturated rings. The number of hydrogen-bond acceptors (Lipinski definition) is 1. The maximum absolute atomic E-state index is 14.1. The first-order chi connectivity index (χ1) is 9.95. The molecule has 0 saturated carbocycles. The first-order valence-electron chi connectivity index (χ1n) is 6.93. The highest BCUT2D eigenvalue weighted by Crippen LogP contribution is 2.30. The summed E-state index contributed by atoms with van der Waals surface area (Å²) < 4.78 is 41.7. The van der Waals surface area contributed by atoms with E-state index in [0.29, 0.717) is 0 Å². The van der Waals surface area contributed by atoms with Crippen LogP contribution in [-0.4, -0.2) is 6.54 Å². The Morgan fingerprint density at radius 1 is 1.00 bits per heavy atom. The van der Waals surface area contributed by atoms with Gasteiger partial charge in [-0.2, -0.15) is 0 Å². The number of rotatable bonds is 4. The molecule has 0 heterocycles. The van der Waals surface area contributed by atoms with Gasteiger partial charge in [0, 0.05) is 17.2 Å². The van der Waals surface area contributed by atoms with Crippen molar-refractivity contribution in [2.45, 2.75) is 26.8 Å². The minimum atomic E-state index is -1.01. The molecule has 1 unspecified atom stereocenters. The van der Waals surface area contributed by atoms with Crippen molar-refractivity contribution in [1.82, 2.24) is 5.32 Å². The zero-order chi connectivity index (χ0) is 15.6. The summed E-state index contributed by atoms with van der Waals surface area (Å²) in [5, 5.41) is 3.20. The molecule has 4 heteroatoms. The molecule has 0 radical (unpaired) electrons. The van der Waals surface area contributed by atoms with Gasteiger partial charge in [0.2, 0.25) is 0 Å². The summed E-state index contributed by atoms with van der Waals surface area (Å²) >= 11 is 0. The second-order valence-electron chi connectivity index (χ2n) is 5.08. The van der Waals surface area contributed by atoms with Crippen molar-refractivity contribution in [1.29, 1.82) is 0 Å². The van der Waals surface area contributed by atoms with E-state index in [1.54, 1.807) is 12.1 Å². The highest BCUT2D eigenvalue weighted by Gasteiger charge is 2.17. The third kappa shape index (κ3) is 3.10. The van der Waals surface area contributed by atoms with E-state index in [9.17, 15) is 13.2 Å². The van der Waals surface area contributed by atoms with Crippen LogP contribution in [0.3, 0.4) is 0 Å². The largest absolute Gasteiger partial charge is 0.310 e. The lowest BCUT2D eigenvalue weighted by Gasteiger charge is -2.15. The first-order valence-corrected chi connectivity index (χ1v) is 6.93. The second-order valence-corrected chi connectivity index (χ2v) is 5.08. The van der Waals surface area contributed by atoms with Crippen LogP contribution in [0.25, 0.3) is 11.1 Å². The summed E-state index contributed by atoms with van der Waals surface area (Å²) in [4.78, 5) is 0. The molecular formula is C17H18F3N. The van der Waals surface area contributed by atoms with Gasteiger partial charge in [-0.1, -0.05) is 25.1 Å². The topological polar surface area (TPSA) is 12.0 Å². The zero-order valence-corrected chi connectivity index (χ0v) is 12.3. The molecule has 2 aromatic rings. The molecule has 1 atom stereocenters. The minimum absolute atomic E-state index is 0.00714. The van der Waals surface area contributed by atoms with Gasteiger partial charge in [0.05, 0.1) is 0 Å². The lowest BCUT2D eigenvalue weighted by molar-refractivity contribution is 0.504. The summed E-state index contributed by atoms with van der Waals surface area (Å²) in [6.45, 7) is 6.15. The van der Waals surface area contributed by atoms with Crippen LogP contribution < -0.4 is 5.32 Å². The van der Waals surface area contributed by atoms with Crippen LogP contribution in [0.1, 0.15) is 31.0 Å². The van der Waals surface area contributed by atoms with Gasteiger partial charge in [0.25, 0.3) is 0 Å². The molecule has 0 aliphatic carbocycles. The zero-order valence-electron chi connectivity index (χ0n) is 12.3. The predicted molar refractivity (Wildman–Crippen MR) is 78.6 cm³/mol. The molecule has 0 spiro atoms. The van der Waals surface area contributed by atoms with E-state index in [-0.39, 0.29) is 22.7 Å². The van der Waals surface area contributed by atoms with Gasteiger partial charge < -0.3 is 5.32 Å². The average molecular weight is 293 g/mol. The molecular weight excluding hydrogens is 275 g/mol. The van der Waals surface area contributed by atoms with Crippen molar-refractivity contribution < 1.29 is 13.2 Å². The van der Waals surface area contributed by atoms with Gasteiger partial charge in [-0.05, 0) is 43.7 Å². The third-order valence-corrected chi connectivity index (χ3v) is 3.57. The lowest BCUT2D eigenvalue weighted by Crippen LogP contribution is -2.17. The van der Waals surface area contributed by atoms with Crippen molar-refractivity contribution >= 4 is 0 Å². The summed E-state index contributed by atoms with van der Waals surface area (Å²) in [6.07, 6.45) is 0. The number of nitrogens with one attached hydrogen (secondary N) is 1. The fraction of sp³-hybridized carbons (Fsp3) is 0.294. The van der Waals surface area contributed by atoms with Crippen molar-refractivity contribution in [2.24, 2.45) is 0 Å².